The lowest BCUT2D eigenvalue weighted by atomic mass is 10.2. The van der Waals surface area contributed by atoms with Crippen LogP contribution in [0.15, 0.2) is 84.2 Å². The van der Waals surface area contributed by atoms with Gasteiger partial charge in [-0.3, -0.25) is 10.1 Å². The summed E-state index contributed by atoms with van der Waals surface area (Å²) in [5.41, 5.74) is 2.32. The largest absolute Gasteiger partial charge is 0.497 e. The van der Waals surface area contributed by atoms with Crippen molar-refractivity contribution in [1.29, 1.82) is 0 Å². The molecule has 0 spiro atoms. The highest BCUT2D eigenvalue weighted by atomic mass is 32.1. The summed E-state index contributed by atoms with van der Waals surface area (Å²) >= 11 is 1.45. The Morgan fingerprint density at radius 1 is 0.938 bits per heavy atom. The second kappa shape index (κ2) is 8.52. The Hall–Kier alpha value is -4.17. The highest BCUT2D eigenvalue weighted by Gasteiger charge is 2.15. The monoisotopic (exact) mass is 442 g/mol. The van der Waals surface area contributed by atoms with Crippen LogP contribution in [0.4, 0.5) is 5.95 Å². The summed E-state index contributed by atoms with van der Waals surface area (Å²) in [6.07, 6.45) is 0. The topological polar surface area (TPSA) is 77.8 Å². The minimum atomic E-state index is -0.312. The molecule has 0 aliphatic carbocycles. The van der Waals surface area contributed by atoms with Gasteiger partial charge in [-0.1, -0.05) is 24.3 Å². The predicted octanol–water partition coefficient (Wildman–Crippen LogP) is 5.51. The molecule has 1 amide bonds. The van der Waals surface area contributed by atoms with Crippen molar-refractivity contribution in [3.8, 4) is 28.5 Å². The normalized spacial score (nSPS) is 10.8. The Kier molecular flexibility index (Phi) is 5.27. The summed E-state index contributed by atoms with van der Waals surface area (Å²) in [5.74, 6) is 1.99. The van der Waals surface area contributed by atoms with E-state index in [1.807, 2.05) is 60.0 Å². The van der Waals surface area contributed by atoms with Crippen LogP contribution >= 0.6 is 11.3 Å². The van der Waals surface area contributed by atoms with Crippen LogP contribution in [-0.2, 0) is 0 Å². The van der Waals surface area contributed by atoms with Gasteiger partial charge in [0.25, 0.3) is 11.9 Å². The molecule has 0 saturated carbocycles. The number of carbonyl (C=O) groups excluding carboxylic acids is 1. The summed E-state index contributed by atoms with van der Waals surface area (Å²) in [4.78, 5) is 17.9. The third kappa shape index (κ3) is 4.03. The predicted molar refractivity (Wildman–Crippen MR) is 124 cm³/mol. The summed E-state index contributed by atoms with van der Waals surface area (Å²) < 4.78 is 12.7. The molecule has 0 aliphatic rings. The summed E-state index contributed by atoms with van der Waals surface area (Å²) in [6.45, 7) is 0. The van der Waals surface area contributed by atoms with Crippen molar-refractivity contribution < 1.29 is 14.3 Å². The number of fused-ring (bicyclic) bond motifs is 1. The number of ether oxygens (including phenoxy) is 2. The molecule has 0 bridgehead atoms. The number of aromatic nitrogens is 3. The molecule has 158 valence electrons. The zero-order chi connectivity index (χ0) is 21.9. The van der Waals surface area contributed by atoms with Gasteiger partial charge in [0.05, 0.1) is 12.8 Å². The first-order chi connectivity index (χ1) is 15.7. The summed E-state index contributed by atoms with van der Waals surface area (Å²) in [7, 11) is 1.63. The molecule has 5 rings (SSSR count). The Labute approximate surface area is 187 Å². The number of thiazole rings is 1. The van der Waals surface area contributed by atoms with Crippen LogP contribution in [-0.4, -0.2) is 27.6 Å². The molecule has 0 atom stereocenters. The lowest BCUT2D eigenvalue weighted by Gasteiger charge is -2.07. The smallest absolute Gasteiger partial charge is 0.258 e. The van der Waals surface area contributed by atoms with Crippen molar-refractivity contribution in [3.63, 3.8) is 0 Å². The molecule has 8 heteroatoms. The molecular formula is C24H18N4O3S. The van der Waals surface area contributed by atoms with Crippen LogP contribution in [0.5, 0.6) is 17.2 Å². The summed E-state index contributed by atoms with van der Waals surface area (Å²) in [5, 5.41) is 9.22. The SMILES string of the molecule is COc1ccc(-c2csc3nc(NC(=O)c4cccc(Oc5ccccc5)c4)nn23)cc1. The number of rotatable bonds is 6. The molecule has 5 aromatic rings. The standard InChI is InChI=1S/C24H18N4O3S/c1-30-18-12-10-16(11-13-18)21-15-32-24-26-23(27-28(21)24)25-22(29)17-6-5-9-20(14-17)31-19-7-3-2-4-8-19/h2-15H,1H3,(H,25,27,29). The maximum absolute atomic E-state index is 12.8. The van der Waals surface area contributed by atoms with Gasteiger partial charge < -0.3 is 9.47 Å². The van der Waals surface area contributed by atoms with E-state index in [1.165, 1.54) is 11.3 Å². The van der Waals surface area contributed by atoms with Gasteiger partial charge in [-0.15, -0.1) is 16.4 Å². The Balaban J connectivity index is 1.35. The molecule has 3 aromatic carbocycles. The molecule has 2 heterocycles. The third-order valence-corrected chi connectivity index (χ3v) is 5.58. The number of methoxy groups -OCH3 is 1. The first-order valence-electron chi connectivity index (χ1n) is 9.82. The summed E-state index contributed by atoms with van der Waals surface area (Å²) in [6, 6.07) is 24.1. The molecule has 2 aromatic heterocycles. The molecule has 1 N–H and O–H groups in total. The molecule has 7 nitrogen and oxygen atoms in total. The zero-order valence-electron chi connectivity index (χ0n) is 17.1. The van der Waals surface area contributed by atoms with Crippen molar-refractivity contribution in [2.75, 3.05) is 12.4 Å². The van der Waals surface area contributed by atoms with E-state index in [-0.39, 0.29) is 11.9 Å². The van der Waals surface area contributed by atoms with E-state index in [2.05, 4.69) is 15.4 Å². The van der Waals surface area contributed by atoms with Crippen LogP contribution in [0, 0.1) is 0 Å². The fourth-order valence-electron chi connectivity index (χ4n) is 3.19. The second-order valence-electron chi connectivity index (χ2n) is 6.88. The number of benzene rings is 3. The average molecular weight is 443 g/mol. The van der Waals surface area contributed by atoms with Gasteiger partial charge in [-0.2, -0.15) is 4.98 Å². The number of amides is 1. The van der Waals surface area contributed by atoms with Crippen molar-refractivity contribution >= 4 is 28.2 Å². The maximum Gasteiger partial charge on any atom is 0.258 e. The molecule has 0 saturated heterocycles. The Bertz CT molecular complexity index is 1380. The Morgan fingerprint density at radius 2 is 1.72 bits per heavy atom. The fraction of sp³-hybridized carbons (Fsp3) is 0.0417. The van der Waals surface area contributed by atoms with Crippen LogP contribution in [0.3, 0.4) is 0 Å². The quantitative estimate of drug-likeness (QED) is 0.375. The number of nitrogens with zero attached hydrogens (tertiary/aromatic N) is 3. The first-order valence-corrected chi connectivity index (χ1v) is 10.7. The van der Waals surface area contributed by atoms with E-state index in [0.717, 1.165) is 17.0 Å². The van der Waals surface area contributed by atoms with E-state index < -0.39 is 0 Å². The fourth-order valence-corrected chi connectivity index (χ4v) is 4.02. The highest BCUT2D eigenvalue weighted by Crippen LogP contribution is 2.28. The van der Waals surface area contributed by atoms with E-state index in [1.54, 1.807) is 35.9 Å². The van der Waals surface area contributed by atoms with Crippen molar-refractivity contribution in [2.24, 2.45) is 0 Å². The number of carbonyl (C=O) groups is 1. The number of anilines is 1. The van der Waals surface area contributed by atoms with Gasteiger partial charge in [0.1, 0.15) is 17.2 Å². The van der Waals surface area contributed by atoms with E-state index in [4.69, 9.17) is 9.47 Å². The molecule has 0 fully saturated rings. The maximum atomic E-state index is 12.8. The van der Waals surface area contributed by atoms with Gasteiger partial charge in [-0.25, -0.2) is 4.52 Å². The second-order valence-corrected chi connectivity index (χ2v) is 7.71. The zero-order valence-corrected chi connectivity index (χ0v) is 17.9. The molecule has 0 unspecified atom stereocenters. The lowest BCUT2D eigenvalue weighted by molar-refractivity contribution is 0.102. The lowest BCUT2D eigenvalue weighted by Crippen LogP contribution is -2.13. The molecule has 0 radical (unpaired) electrons. The first kappa shape index (κ1) is 19.8. The van der Waals surface area contributed by atoms with Crippen LogP contribution in [0.25, 0.3) is 16.2 Å². The highest BCUT2D eigenvalue weighted by molar-refractivity contribution is 7.15. The van der Waals surface area contributed by atoms with Crippen LogP contribution in [0.1, 0.15) is 10.4 Å². The van der Waals surface area contributed by atoms with Gasteiger partial charge in [0, 0.05) is 16.5 Å². The van der Waals surface area contributed by atoms with Gasteiger partial charge in [-0.05, 0) is 54.6 Å². The third-order valence-electron chi connectivity index (χ3n) is 4.77. The average Bonchev–Trinajstić information content (AvgIpc) is 3.40. The van der Waals surface area contributed by atoms with Crippen molar-refractivity contribution in [3.05, 3.63) is 89.8 Å². The van der Waals surface area contributed by atoms with E-state index >= 15 is 0 Å². The van der Waals surface area contributed by atoms with Gasteiger partial charge in [0.2, 0.25) is 4.96 Å². The Morgan fingerprint density at radius 3 is 2.50 bits per heavy atom. The van der Waals surface area contributed by atoms with Crippen LogP contribution in [0.2, 0.25) is 0 Å². The molecule has 32 heavy (non-hydrogen) atoms. The number of hydrogen-bond donors (Lipinski definition) is 1. The van der Waals surface area contributed by atoms with Gasteiger partial charge >= 0.3 is 0 Å². The van der Waals surface area contributed by atoms with Crippen LogP contribution < -0.4 is 14.8 Å². The minimum Gasteiger partial charge on any atom is -0.497 e. The molecular weight excluding hydrogens is 424 g/mol. The van der Waals surface area contributed by atoms with E-state index in [0.29, 0.717) is 22.0 Å². The van der Waals surface area contributed by atoms with Crippen molar-refractivity contribution in [1.82, 2.24) is 14.6 Å². The minimum absolute atomic E-state index is 0.242. The number of nitrogens with one attached hydrogen (secondary N) is 1. The van der Waals surface area contributed by atoms with E-state index in [9.17, 15) is 4.79 Å². The van der Waals surface area contributed by atoms with Gasteiger partial charge in [0.15, 0.2) is 0 Å². The molecule has 0 aliphatic heterocycles. The number of hydrogen-bond acceptors (Lipinski definition) is 6. The van der Waals surface area contributed by atoms with Crippen molar-refractivity contribution in [2.45, 2.75) is 0 Å². The number of para-hydroxylation sites is 1.